The summed E-state index contributed by atoms with van der Waals surface area (Å²) >= 11 is 0. The first-order valence-electron chi connectivity index (χ1n) is 8.18. The minimum absolute atomic E-state index is 0.0903. The zero-order chi connectivity index (χ0) is 20.5. The van der Waals surface area contributed by atoms with E-state index < -0.39 is 34.8 Å². The fourth-order valence-corrected chi connectivity index (χ4v) is 2.82. The smallest absolute Gasteiger partial charge is 0.435 e. The second kappa shape index (κ2) is 7.34. The molecule has 0 atom stereocenters. The van der Waals surface area contributed by atoms with Crippen molar-refractivity contribution in [3.8, 4) is 23.1 Å². The molecule has 3 N–H and O–H groups in total. The molecule has 0 bridgehead atoms. The number of halogens is 3. The van der Waals surface area contributed by atoms with E-state index in [0.29, 0.717) is 11.3 Å². The van der Waals surface area contributed by atoms with Gasteiger partial charge in [0.25, 0.3) is 0 Å². The molecule has 3 rings (SSSR count). The van der Waals surface area contributed by atoms with Gasteiger partial charge in [0, 0.05) is 6.42 Å². The Morgan fingerprint density at radius 1 is 1.00 bits per heavy atom. The lowest BCUT2D eigenvalue weighted by Gasteiger charge is -2.07. The van der Waals surface area contributed by atoms with Gasteiger partial charge in [0.05, 0.1) is 19.2 Å². The quantitative estimate of drug-likeness (QED) is 0.575. The van der Waals surface area contributed by atoms with E-state index in [9.17, 15) is 28.5 Å². The van der Waals surface area contributed by atoms with Gasteiger partial charge in [-0.05, 0) is 35.4 Å². The molecule has 0 radical (unpaired) electrons. The van der Waals surface area contributed by atoms with Gasteiger partial charge in [-0.1, -0.05) is 18.2 Å². The number of aromatic hydroxyl groups is 3. The van der Waals surface area contributed by atoms with Crippen molar-refractivity contribution in [2.75, 3.05) is 7.11 Å². The number of alkyl halides is 3. The van der Waals surface area contributed by atoms with E-state index >= 15 is 0 Å². The van der Waals surface area contributed by atoms with Gasteiger partial charge >= 0.3 is 6.18 Å². The number of phenolic OH excluding ortho intramolecular Hbond substituents is 2. The number of benzene rings is 2. The predicted molar refractivity (Wildman–Crippen MR) is 93.6 cm³/mol. The molecule has 0 fully saturated rings. The second-order valence-electron chi connectivity index (χ2n) is 6.16. The number of methoxy groups -OCH3 is 1. The van der Waals surface area contributed by atoms with Gasteiger partial charge in [-0.15, -0.1) is 0 Å². The van der Waals surface area contributed by atoms with Crippen LogP contribution in [0.2, 0.25) is 0 Å². The molecule has 0 aliphatic heterocycles. The first-order chi connectivity index (χ1) is 13.2. The SMILES string of the molecule is COc1cccc(Cn2nc(C(F)(F)F)c(Cc3ccc(O)c(O)c3)c2O)c1. The molecule has 0 aliphatic carbocycles. The van der Waals surface area contributed by atoms with Gasteiger partial charge in [0.1, 0.15) is 5.75 Å². The summed E-state index contributed by atoms with van der Waals surface area (Å²) in [4.78, 5) is 0. The van der Waals surface area contributed by atoms with Crippen LogP contribution in [-0.2, 0) is 19.1 Å². The summed E-state index contributed by atoms with van der Waals surface area (Å²) in [7, 11) is 1.47. The van der Waals surface area contributed by atoms with Crippen LogP contribution in [0.4, 0.5) is 13.2 Å². The number of ether oxygens (including phenoxy) is 1. The largest absolute Gasteiger partial charge is 0.504 e. The van der Waals surface area contributed by atoms with E-state index in [1.807, 2.05) is 0 Å². The molecule has 3 aromatic rings. The van der Waals surface area contributed by atoms with Crippen molar-refractivity contribution in [3.05, 3.63) is 64.8 Å². The molecular weight excluding hydrogens is 377 g/mol. The monoisotopic (exact) mass is 394 g/mol. The van der Waals surface area contributed by atoms with Gasteiger partial charge in [0.15, 0.2) is 17.2 Å². The normalized spacial score (nSPS) is 11.6. The van der Waals surface area contributed by atoms with Crippen molar-refractivity contribution in [1.29, 1.82) is 0 Å². The number of nitrogens with zero attached hydrogens (tertiary/aromatic N) is 2. The first kappa shape index (κ1) is 19.4. The maximum Gasteiger partial charge on any atom is 0.435 e. The molecule has 0 saturated heterocycles. The molecule has 1 aromatic heterocycles. The van der Waals surface area contributed by atoms with Crippen LogP contribution < -0.4 is 4.74 Å². The fraction of sp³-hybridized carbons (Fsp3) is 0.211. The molecule has 148 valence electrons. The number of hydrogen-bond acceptors (Lipinski definition) is 5. The molecule has 28 heavy (non-hydrogen) atoms. The van der Waals surface area contributed by atoms with Crippen LogP contribution in [0.5, 0.6) is 23.1 Å². The Labute approximate surface area is 158 Å². The van der Waals surface area contributed by atoms with Gasteiger partial charge in [-0.3, -0.25) is 0 Å². The molecule has 1 heterocycles. The molecular formula is C19H17F3N2O4. The highest BCUT2D eigenvalue weighted by Crippen LogP contribution is 2.37. The minimum Gasteiger partial charge on any atom is -0.504 e. The highest BCUT2D eigenvalue weighted by Gasteiger charge is 2.39. The topological polar surface area (TPSA) is 87.7 Å². The van der Waals surface area contributed by atoms with Gasteiger partial charge in [0.2, 0.25) is 5.88 Å². The van der Waals surface area contributed by atoms with Crippen LogP contribution in [0.1, 0.15) is 22.4 Å². The maximum absolute atomic E-state index is 13.4. The lowest BCUT2D eigenvalue weighted by molar-refractivity contribution is -0.142. The minimum atomic E-state index is -4.77. The average Bonchev–Trinajstić information content (AvgIpc) is 2.95. The Morgan fingerprint density at radius 2 is 1.75 bits per heavy atom. The molecule has 0 unspecified atom stereocenters. The van der Waals surface area contributed by atoms with E-state index in [1.54, 1.807) is 24.3 Å². The third-order valence-corrected chi connectivity index (χ3v) is 4.18. The highest BCUT2D eigenvalue weighted by atomic mass is 19.4. The number of aromatic nitrogens is 2. The van der Waals surface area contributed by atoms with Crippen LogP contribution in [0, 0.1) is 0 Å². The number of rotatable bonds is 5. The summed E-state index contributed by atoms with van der Waals surface area (Å²) in [5, 5.41) is 32.9. The number of phenols is 2. The van der Waals surface area contributed by atoms with Crippen molar-refractivity contribution >= 4 is 0 Å². The summed E-state index contributed by atoms with van der Waals surface area (Å²) in [5.41, 5.74) is -0.752. The molecule has 0 saturated carbocycles. The predicted octanol–water partition coefficient (Wildman–Crippen LogP) is 3.67. The molecule has 9 heteroatoms. The number of hydrogen-bond donors (Lipinski definition) is 3. The van der Waals surface area contributed by atoms with Crippen LogP contribution in [0.25, 0.3) is 0 Å². The van der Waals surface area contributed by atoms with Crippen molar-refractivity contribution in [3.63, 3.8) is 0 Å². The van der Waals surface area contributed by atoms with Crippen LogP contribution in [0.15, 0.2) is 42.5 Å². The van der Waals surface area contributed by atoms with Crippen LogP contribution >= 0.6 is 0 Å². The second-order valence-corrected chi connectivity index (χ2v) is 6.16. The van der Waals surface area contributed by atoms with Crippen LogP contribution in [-0.4, -0.2) is 32.2 Å². The fourth-order valence-electron chi connectivity index (χ4n) is 2.82. The molecule has 6 nitrogen and oxygen atoms in total. The Balaban J connectivity index is 2.00. The Kier molecular flexibility index (Phi) is 5.08. The summed E-state index contributed by atoms with van der Waals surface area (Å²) in [6.45, 7) is -0.0903. The summed E-state index contributed by atoms with van der Waals surface area (Å²) in [6, 6.07) is 10.3. The zero-order valence-electron chi connectivity index (χ0n) is 14.7. The van der Waals surface area contributed by atoms with E-state index in [1.165, 1.54) is 13.2 Å². The Morgan fingerprint density at radius 3 is 2.39 bits per heavy atom. The highest BCUT2D eigenvalue weighted by molar-refractivity contribution is 5.44. The van der Waals surface area contributed by atoms with Crippen molar-refractivity contribution in [1.82, 2.24) is 9.78 Å². The zero-order valence-corrected chi connectivity index (χ0v) is 14.7. The first-order valence-corrected chi connectivity index (χ1v) is 8.18. The van der Waals surface area contributed by atoms with Crippen molar-refractivity contribution in [2.45, 2.75) is 19.1 Å². The average molecular weight is 394 g/mol. The molecule has 0 spiro atoms. The van der Waals surface area contributed by atoms with Gasteiger partial charge < -0.3 is 20.1 Å². The summed E-state index contributed by atoms with van der Waals surface area (Å²) in [5.74, 6) is -0.949. The van der Waals surface area contributed by atoms with Crippen molar-refractivity contribution < 1.29 is 33.2 Å². The van der Waals surface area contributed by atoms with Gasteiger partial charge in [-0.25, -0.2) is 4.68 Å². The van der Waals surface area contributed by atoms with E-state index in [0.717, 1.165) is 16.8 Å². The third-order valence-electron chi connectivity index (χ3n) is 4.18. The van der Waals surface area contributed by atoms with E-state index in [2.05, 4.69) is 5.10 Å². The van der Waals surface area contributed by atoms with Gasteiger partial charge in [-0.2, -0.15) is 18.3 Å². The molecule has 0 aliphatic rings. The standard InChI is InChI=1S/C19H17F3N2O4/c1-28-13-4-2-3-12(7-13)10-24-18(27)14(17(23-24)19(20,21)22)8-11-5-6-15(25)16(26)9-11/h2-7,9,25-27H,8,10H2,1H3. The van der Waals surface area contributed by atoms with Crippen molar-refractivity contribution in [2.24, 2.45) is 0 Å². The Bertz CT molecular complexity index is 999. The summed E-state index contributed by atoms with van der Waals surface area (Å²) < 4.78 is 46.3. The lowest BCUT2D eigenvalue weighted by atomic mass is 10.0. The van der Waals surface area contributed by atoms with E-state index in [4.69, 9.17) is 4.74 Å². The Hall–Kier alpha value is -3.36. The van der Waals surface area contributed by atoms with E-state index in [-0.39, 0.29) is 18.5 Å². The summed E-state index contributed by atoms with van der Waals surface area (Å²) in [6.07, 6.45) is -5.10. The van der Waals surface area contributed by atoms with Crippen LogP contribution in [0.3, 0.4) is 0 Å². The molecule has 0 amide bonds. The maximum atomic E-state index is 13.4. The lowest BCUT2D eigenvalue weighted by Crippen LogP contribution is -2.10. The third kappa shape index (κ3) is 3.98. The molecule has 2 aromatic carbocycles.